The number of hydrogen-bond acceptors (Lipinski definition) is 6. The average molecular weight is 324 g/mol. The minimum Gasteiger partial charge on any atom is -0.363 e. The summed E-state index contributed by atoms with van der Waals surface area (Å²) in [5.41, 5.74) is 1.93. The van der Waals surface area contributed by atoms with Crippen LogP contribution in [0.3, 0.4) is 0 Å². The molecule has 0 atom stereocenters. The number of benzene rings is 1. The minimum absolute atomic E-state index is 0.180. The molecule has 0 saturated heterocycles. The van der Waals surface area contributed by atoms with Crippen molar-refractivity contribution in [3.05, 3.63) is 47.2 Å². The lowest BCUT2D eigenvalue weighted by atomic mass is 10.1. The third-order valence-corrected chi connectivity index (χ3v) is 3.27. The Balaban J connectivity index is 1.84. The van der Waals surface area contributed by atoms with Crippen LogP contribution in [0.1, 0.15) is 21.6 Å². The highest BCUT2D eigenvalue weighted by Crippen LogP contribution is 2.11. The molecule has 1 heterocycles. The molecule has 0 aliphatic heterocycles. The molecule has 2 rings (SSSR count). The molecule has 1 aromatic carbocycles. The van der Waals surface area contributed by atoms with Crippen LogP contribution >= 0.6 is 0 Å². The van der Waals surface area contributed by atoms with E-state index >= 15 is 0 Å². The van der Waals surface area contributed by atoms with Gasteiger partial charge in [-0.25, -0.2) is 4.98 Å². The molecule has 7 nitrogen and oxygen atoms in total. The number of nitrogens with one attached hydrogen (secondary N) is 2. The Morgan fingerprint density at radius 2 is 1.92 bits per heavy atom. The van der Waals surface area contributed by atoms with Crippen molar-refractivity contribution < 1.29 is 4.79 Å². The van der Waals surface area contributed by atoms with Gasteiger partial charge in [0.15, 0.2) is 0 Å². The van der Waals surface area contributed by atoms with Gasteiger partial charge in [0.05, 0.1) is 11.6 Å². The van der Waals surface area contributed by atoms with Gasteiger partial charge in [0.2, 0.25) is 5.95 Å². The van der Waals surface area contributed by atoms with Crippen molar-refractivity contribution in [3.8, 4) is 6.07 Å². The molecule has 0 unspecified atom stereocenters. The SMILES string of the molecule is Cc1cc(N(C)C)nc(NCCNC(=O)c2ccc(C#N)cc2)n1. The van der Waals surface area contributed by atoms with Crippen molar-refractivity contribution in [1.82, 2.24) is 15.3 Å². The van der Waals surface area contributed by atoms with Crippen LogP contribution in [0.5, 0.6) is 0 Å². The van der Waals surface area contributed by atoms with E-state index in [9.17, 15) is 4.79 Å². The molecule has 0 bridgehead atoms. The fraction of sp³-hybridized carbons (Fsp3) is 0.294. The lowest BCUT2D eigenvalue weighted by molar-refractivity contribution is 0.0955. The van der Waals surface area contributed by atoms with Crippen LogP contribution in [0.25, 0.3) is 0 Å². The molecular formula is C17H20N6O. The van der Waals surface area contributed by atoms with Crippen molar-refractivity contribution >= 4 is 17.7 Å². The maximum Gasteiger partial charge on any atom is 0.251 e. The molecule has 0 aliphatic rings. The van der Waals surface area contributed by atoms with E-state index < -0.39 is 0 Å². The van der Waals surface area contributed by atoms with Gasteiger partial charge < -0.3 is 15.5 Å². The molecule has 0 spiro atoms. The van der Waals surface area contributed by atoms with Crippen LogP contribution in [-0.2, 0) is 0 Å². The van der Waals surface area contributed by atoms with E-state index in [0.717, 1.165) is 11.5 Å². The van der Waals surface area contributed by atoms with Gasteiger partial charge in [-0.3, -0.25) is 4.79 Å². The predicted octanol–water partition coefficient (Wildman–Crippen LogP) is 1.56. The third-order valence-electron chi connectivity index (χ3n) is 3.27. The van der Waals surface area contributed by atoms with Crippen molar-refractivity contribution in [3.63, 3.8) is 0 Å². The largest absolute Gasteiger partial charge is 0.363 e. The van der Waals surface area contributed by atoms with Crippen LogP contribution in [0.2, 0.25) is 0 Å². The fourth-order valence-electron chi connectivity index (χ4n) is 2.01. The van der Waals surface area contributed by atoms with Crippen molar-refractivity contribution in [1.29, 1.82) is 5.26 Å². The number of aryl methyl sites for hydroxylation is 1. The molecule has 2 N–H and O–H groups in total. The lowest BCUT2D eigenvalue weighted by Crippen LogP contribution is -2.29. The van der Waals surface area contributed by atoms with Gasteiger partial charge in [-0.2, -0.15) is 10.2 Å². The number of anilines is 2. The number of amides is 1. The van der Waals surface area contributed by atoms with Gasteiger partial charge >= 0.3 is 0 Å². The molecule has 1 amide bonds. The van der Waals surface area contributed by atoms with Crippen LogP contribution in [0, 0.1) is 18.3 Å². The highest BCUT2D eigenvalue weighted by Gasteiger charge is 2.06. The Bertz CT molecular complexity index is 749. The van der Waals surface area contributed by atoms with E-state index in [2.05, 4.69) is 20.6 Å². The van der Waals surface area contributed by atoms with E-state index in [1.165, 1.54) is 0 Å². The summed E-state index contributed by atoms with van der Waals surface area (Å²) in [7, 11) is 3.84. The molecule has 124 valence electrons. The molecule has 1 aromatic heterocycles. The Morgan fingerprint density at radius 1 is 1.21 bits per heavy atom. The van der Waals surface area contributed by atoms with Gasteiger partial charge in [-0.15, -0.1) is 0 Å². The molecule has 2 aromatic rings. The van der Waals surface area contributed by atoms with Gasteiger partial charge in [-0.05, 0) is 31.2 Å². The molecule has 24 heavy (non-hydrogen) atoms. The second-order valence-electron chi connectivity index (χ2n) is 5.46. The van der Waals surface area contributed by atoms with Gasteiger partial charge in [0, 0.05) is 44.5 Å². The predicted molar refractivity (Wildman–Crippen MR) is 93.1 cm³/mol. The number of nitriles is 1. The number of aromatic nitrogens is 2. The second kappa shape index (κ2) is 7.92. The zero-order chi connectivity index (χ0) is 17.5. The zero-order valence-corrected chi connectivity index (χ0v) is 14.0. The lowest BCUT2D eigenvalue weighted by Gasteiger charge is -2.14. The quantitative estimate of drug-likeness (QED) is 0.783. The maximum absolute atomic E-state index is 12.0. The van der Waals surface area contributed by atoms with E-state index in [-0.39, 0.29) is 5.91 Å². The Labute approximate surface area is 141 Å². The van der Waals surface area contributed by atoms with Crippen molar-refractivity contribution in [2.45, 2.75) is 6.92 Å². The smallest absolute Gasteiger partial charge is 0.251 e. The van der Waals surface area contributed by atoms with Crippen molar-refractivity contribution in [2.75, 3.05) is 37.4 Å². The first kappa shape index (κ1) is 17.2. The van der Waals surface area contributed by atoms with E-state index in [1.54, 1.807) is 24.3 Å². The van der Waals surface area contributed by atoms with Gasteiger partial charge in [0.1, 0.15) is 5.82 Å². The van der Waals surface area contributed by atoms with Crippen LogP contribution in [0.15, 0.2) is 30.3 Å². The Kier molecular flexibility index (Phi) is 5.68. The van der Waals surface area contributed by atoms with Gasteiger partial charge in [0.25, 0.3) is 5.91 Å². The molecule has 0 radical (unpaired) electrons. The van der Waals surface area contributed by atoms with Crippen LogP contribution < -0.4 is 15.5 Å². The van der Waals surface area contributed by atoms with Gasteiger partial charge in [-0.1, -0.05) is 0 Å². The third kappa shape index (κ3) is 4.68. The average Bonchev–Trinajstić information content (AvgIpc) is 2.58. The van der Waals surface area contributed by atoms with Crippen LogP contribution in [0.4, 0.5) is 11.8 Å². The summed E-state index contributed by atoms with van der Waals surface area (Å²) >= 11 is 0. The summed E-state index contributed by atoms with van der Waals surface area (Å²) in [5.74, 6) is 1.18. The van der Waals surface area contributed by atoms with Crippen LogP contribution in [-0.4, -0.2) is 43.1 Å². The summed E-state index contributed by atoms with van der Waals surface area (Å²) in [6.45, 7) is 2.86. The fourth-order valence-corrected chi connectivity index (χ4v) is 2.01. The van der Waals surface area contributed by atoms with E-state index in [4.69, 9.17) is 5.26 Å². The molecule has 0 fully saturated rings. The monoisotopic (exact) mass is 324 g/mol. The highest BCUT2D eigenvalue weighted by atomic mass is 16.1. The first-order valence-electron chi connectivity index (χ1n) is 7.55. The summed E-state index contributed by atoms with van der Waals surface area (Å²) in [4.78, 5) is 22.6. The first-order chi connectivity index (χ1) is 11.5. The maximum atomic E-state index is 12.0. The van der Waals surface area contributed by atoms with Crippen molar-refractivity contribution in [2.24, 2.45) is 0 Å². The number of rotatable bonds is 6. The molecule has 7 heteroatoms. The highest BCUT2D eigenvalue weighted by molar-refractivity contribution is 5.94. The summed E-state index contributed by atoms with van der Waals surface area (Å²) < 4.78 is 0. The molecular weight excluding hydrogens is 304 g/mol. The first-order valence-corrected chi connectivity index (χ1v) is 7.55. The summed E-state index contributed by atoms with van der Waals surface area (Å²) in [6.07, 6.45) is 0. The van der Waals surface area contributed by atoms with E-state index in [1.807, 2.05) is 38.1 Å². The second-order valence-corrected chi connectivity index (χ2v) is 5.46. The Hall–Kier alpha value is -3.14. The standard InChI is InChI=1S/C17H20N6O/c1-12-10-15(23(2)3)22-17(21-12)20-9-8-19-16(24)14-6-4-13(11-18)5-7-14/h4-7,10H,8-9H2,1-3H3,(H,19,24)(H,20,21,22). The number of hydrogen-bond donors (Lipinski definition) is 2. The van der Waals surface area contributed by atoms with E-state index in [0.29, 0.717) is 30.2 Å². The summed E-state index contributed by atoms with van der Waals surface area (Å²) in [5, 5.41) is 14.7. The number of carbonyl (C=O) groups excluding carboxylic acids is 1. The number of carbonyl (C=O) groups is 1. The minimum atomic E-state index is -0.180. The topological polar surface area (TPSA) is 93.9 Å². The molecule has 0 aliphatic carbocycles. The molecule has 0 saturated carbocycles. The Morgan fingerprint density at radius 3 is 2.54 bits per heavy atom. The normalized spacial score (nSPS) is 9.92. The zero-order valence-electron chi connectivity index (χ0n) is 14.0. The number of nitrogens with zero attached hydrogens (tertiary/aromatic N) is 4. The summed E-state index contributed by atoms with van der Waals surface area (Å²) in [6, 6.07) is 10.4.